The summed E-state index contributed by atoms with van der Waals surface area (Å²) in [5.41, 5.74) is -9.47. The summed E-state index contributed by atoms with van der Waals surface area (Å²) < 4.78 is 85.0. The van der Waals surface area contributed by atoms with Gasteiger partial charge >= 0.3 is 12.4 Å². The van der Waals surface area contributed by atoms with Crippen LogP contribution < -0.4 is 10.7 Å². The molecule has 0 unspecified atom stereocenters. The Bertz CT molecular complexity index is 1630. The van der Waals surface area contributed by atoms with Gasteiger partial charge in [0.1, 0.15) is 58.1 Å². The van der Waals surface area contributed by atoms with Gasteiger partial charge in [0.25, 0.3) is 0 Å². The third kappa shape index (κ3) is 3.08. The Kier molecular flexibility index (Phi) is 5.11. The third-order valence-electron chi connectivity index (χ3n) is 4.31. The number of rotatable bonds is 0. The molecule has 0 N–H and O–H groups in total. The van der Waals surface area contributed by atoms with E-state index >= 15 is 0 Å². The molecule has 164 valence electrons. The zero-order valence-electron chi connectivity index (χ0n) is 15.7. The van der Waals surface area contributed by atoms with Crippen molar-refractivity contribution in [2.45, 2.75) is 12.4 Å². The molecule has 0 aliphatic heterocycles. The Labute approximate surface area is 182 Å². The first kappa shape index (κ1) is 23.1. The third-order valence-corrected chi connectivity index (χ3v) is 4.31. The maximum Gasteiger partial charge on any atom is 0.434 e. The monoisotopic (exact) mass is 470 g/mol. The van der Waals surface area contributed by atoms with Gasteiger partial charge in [-0.1, -0.05) is 0 Å². The first-order valence-corrected chi connectivity index (χ1v) is 8.21. The molecule has 0 aliphatic carbocycles. The van der Waals surface area contributed by atoms with Gasteiger partial charge < -0.3 is 0 Å². The fourth-order valence-corrected chi connectivity index (χ4v) is 3.21. The summed E-state index contributed by atoms with van der Waals surface area (Å²) in [6, 6.07) is 7.11. The molecule has 0 aliphatic rings. The van der Waals surface area contributed by atoms with E-state index < -0.39 is 68.3 Å². The summed E-state index contributed by atoms with van der Waals surface area (Å²) in [5, 5.41) is 52.6. The number of alkyl halides is 6. The van der Waals surface area contributed by atoms with Crippen molar-refractivity contribution in [2.24, 2.45) is 0 Å². The number of nitrogens with zero attached hydrogens (tertiary/aromatic N) is 10. The van der Waals surface area contributed by atoms with Crippen LogP contribution in [0.5, 0.6) is 0 Å². The van der Waals surface area contributed by atoms with E-state index in [1.165, 1.54) is 36.4 Å². The van der Waals surface area contributed by atoms with Gasteiger partial charge in [-0.05, 0) is 0 Å². The van der Waals surface area contributed by atoms with Gasteiger partial charge in [-0.15, -0.1) is 0 Å². The first-order valence-electron chi connectivity index (χ1n) is 8.21. The Morgan fingerprint density at radius 1 is 0.588 bits per heavy atom. The number of hydrogen-bond donors (Lipinski definition) is 0. The molecular formula is C18F6N10. The quantitative estimate of drug-likeness (QED) is 0.439. The van der Waals surface area contributed by atoms with Crippen LogP contribution in [0.1, 0.15) is 23.0 Å². The van der Waals surface area contributed by atoms with Crippen LogP contribution in [0.25, 0.3) is 22.2 Å². The van der Waals surface area contributed by atoms with Crippen molar-refractivity contribution in [3.05, 3.63) is 33.7 Å². The second kappa shape index (κ2) is 7.53. The summed E-state index contributed by atoms with van der Waals surface area (Å²) in [4.78, 5) is 6.67. The van der Waals surface area contributed by atoms with E-state index in [-0.39, 0.29) is 8.80 Å². The molecule has 0 radical (unpaired) electrons. The van der Waals surface area contributed by atoms with Crippen molar-refractivity contribution in [1.82, 2.24) is 18.8 Å². The molecule has 0 saturated heterocycles. The smallest absolute Gasteiger partial charge is 0.275 e. The minimum absolute atomic E-state index is 0.291. The van der Waals surface area contributed by atoms with Crippen LogP contribution in [-0.2, 0) is 12.4 Å². The molecule has 3 aromatic heterocycles. The molecule has 10 nitrogen and oxygen atoms in total. The van der Waals surface area contributed by atoms with E-state index in [2.05, 4.69) is 9.97 Å². The van der Waals surface area contributed by atoms with Crippen molar-refractivity contribution >= 4 is 22.2 Å². The Morgan fingerprint density at radius 3 is 1.09 bits per heavy atom. The molecule has 0 amide bonds. The predicted octanol–water partition coefficient (Wildman–Crippen LogP) is 1.16. The van der Waals surface area contributed by atoms with Crippen molar-refractivity contribution in [3.63, 3.8) is 0 Å². The average Bonchev–Trinajstić information content (AvgIpc) is 3.31. The lowest BCUT2D eigenvalue weighted by Crippen LogP contribution is -2.26. The van der Waals surface area contributed by atoms with E-state index in [1.807, 2.05) is 0 Å². The van der Waals surface area contributed by atoms with Crippen LogP contribution in [0.2, 0.25) is 0 Å². The normalized spacial score (nSPS) is 11.1. The molecule has 3 aromatic rings. The van der Waals surface area contributed by atoms with Crippen molar-refractivity contribution in [1.29, 1.82) is 31.6 Å². The number of hydrogen-bond acceptors (Lipinski definition) is 8. The van der Waals surface area contributed by atoms with Crippen LogP contribution in [0.3, 0.4) is 0 Å². The zero-order chi connectivity index (χ0) is 25.6. The van der Waals surface area contributed by atoms with Gasteiger partial charge in [-0.3, -0.25) is 8.80 Å². The maximum absolute atomic E-state index is 14.3. The molecule has 0 fully saturated rings. The summed E-state index contributed by atoms with van der Waals surface area (Å²) in [6.07, 6.45) is -11.2. The van der Waals surface area contributed by atoms with Gasteiger partial charge in [0.15, 0.2) is 22.5 Å². The van der Waals surface area contributed by atoms with E-state index in [4.69, 9.17) is 21.0 Å². The van der Waals surface area contributed by atoms with Gasteiger partial charge in [0, 0.05) is 0 Å². The highest BCUT2D eigenvalue weighted by Gasteiger charge is 2.45. The highest BCUT2D eigenvalue weighted by Crippen LogP contribution is 2.39. The molecule has 34 heavy (non-hydrogen) atoms. The molecule has 3 rings (SSSR count). The number of fused-ring (bicyclic) bond motifs is 2. The number of aromatic nitrogens is 4. The van der Waals surface area contributed by atoms with Gasteiger partial charge in [0.05, 0.1) is 0 Å². The molecule has 0 aromatic carbocycles. The zero-order valence-corrected chi connectivity index (χ0v) is 15.7. The van der Waals surface area contributed by atoms with Crippen LogP contribution >= 0.6 is 0 Å². The number of halogens is 6. The summed E-state index contributed by atoms with van der Waals surface area (Å²) >= 11 is 0. The topological polar surface area (TPSA) is 177 Å². The largest absolute Gasteiger partial charge is 0.434 e. The molecule has 0 atom stereocenters. The lowest BCUT2D eigenvalue weighted by Gasteiger charge is -2.18. The predicted molar refractivity (Wildman–Crippen MR) is 91.9 cm³/mol. The number of imidazole rings is 2. The molecule has 0 bridgehead atoms. The fraction of sp³-hybridized carbons (Fsp3) is 0.111. The minimum atomic E-state index is -5.58. The van der Waals surface area contributed by atoms with Crippen molar-refractivity contribution < 1.29 is 26.3 Å². The van der Waals surface area contributed by atoms with E-state index in [0.29, 0.717) is 0 Å². The lowest BCUT2D eigenvalue weighted by atomic mass is 10.2. The number of nitriles is 6. The fourth-order valence-electron chi connectivity index (χ4n) is 3.21. The maximum atomic E-state index is 14.3. The first-order chi connectivity index (χ1) is 15.9. The molecular weight excluding hydrogens is 470 g/mol. The second-order valence-electron chi connectivity index (χ2n) is 6.05. The molecule has 3 heterocycles. The van der Waals surface area contributed by atoms with Crippen molar-refractivity contribution in [2.75, 3.05) is 0 Å². The van der Waals surface area contributed by atoms with Crippen LogP contribution in [-0.4, -0.2) is 18.8 Å². The van der Waals surface area contributed by atoms with E-state index in [0.717, 1.165) is 0 Å². The van der Waals surface area contributed by atoms with Gasteiger partial charge in [-0.2, -0.15) is 57.9 Å². The Balaban J connectivity index is 3.14. The van der Waals surface area contributed by atoms with Crippen LogP contribution in [0.4, 0.5) is 26.3 Å². The lowest BCUT2D eigenvalue weighted by molar-refractivity contribution is -0.145. The van der Waals surface area contributed by atoms with Crippen molar-refractivity contribution in [3.8, 4) is 36.4 Å². The average molecular weight is 470 g/mol. The highest BCUT2D eigenvalue weighted by molar-refractivity contribution is 5.81. The van der Waals surface area contributed by atoms with Crippen LogP contribution in [0, 0.1) is 68.0 Å². The van der Waals surface area contributed by atoms with Crippen LogP contribution in [0.15, 0.2) is 0 Å². The molecule has 16 heteroatoms. The SMILES string of the molecule is N#CC(C#N)=c1nc(C#N)n2c(C(F)(F)F)c3c(=C(C#N)C#N)nc(C#N)n3c(C(F)(F)F)c12. The Hall–Kier alpha value is -5.58. The van der Waals surface area contributed by atoms with Gasteiger partial charge in [0.2, 0.25) is 11.6 Å². The summed E-state index contributed by atoms with van der Waals surface area (Å²) in [6.45, 7) is 0. The van der Waals surface area contributed by atoms with E-state index in [9.17, 15) is 36.9 Å². The Morgan fingerprint density at radius 2 is 0.882 bits per heavy atom. The van der Waals surface area contributed by atoms with E-state index in [1.54, 1.807) is 0 Å². The molecule has 0 spiro atoms. The second-order valence-corrected chi connectivity index (χ2v) is 6.05. The molecule has 0 saturated carbocycles. The minimum Gasteiger partial charge on any atom is -0.275 e. The standard InChI is InChI=1S/C18F6N10/c19-17(20,21)15-13-11(7(1-25)2-26)31-9(5-29)33(13)16(18(22,23)24)14-12(8(3-27)4-28)32-10(6-30)34(14)15. The summed E-state index contributed by atoms with van der Waals surface area (Å²) in [7, 11) is 0. The summed E-state index contributed by atoms with van der Waals surface area (Å²) in [5.74, 6) is -2.59. The van der Waals surface area contributed by atoms with Gasteiger partial charge in [-0.25, -0.2) is 9.97 Å². The highest BCUT2D eigenvalue weighted by atomic mass is 19.4.